The van der Waals surface area contributed by atoms with Gasteiger partial charge in [0, 0.05) is 19.1 Å². The van der Waals surface area contributed by atoms with E-state index in [1.807, 2.05) is 0 Å². The summed E-state index contributed by atoms with van der Waals surface area (Å²) in [5, 5.41) is 4.36. The van der Waals surface area contributed by atoms with Crippen LogP contribution < -0.4 is 10.5 Å². The van der Waals surface area contributed by atoms with Gasteiger partial charge >= 0.3 is 0 Å². The molecule has 0 aromatic carbocycles. The fraction of sp³-hybridized carbons (Fsp3) is 0.786. The molecular formula is C14H27ClN4O2S. The van der Waals surface area contributed by atoms with E-state index in [1.165, 1.54) is 0 Å². The maximum Gasteiger partial charge on any atom is 0.244 e. The van der Waals surface area contributed by atoms with E-state index in [0.717, 1.165) is 12.8 Å². The second-order valence-corrected chi connectivity index (χ2v) is 8.13. The van der Waals surface area contributed by atoms with Crippen molar-refractivity contribution in [1.82, 2.24) is 14.5 Å². The Hall–Kier alpha value is -0.630. The molecule has 3 N–H and O–H groups in total. The third kappa shape index (κ3) is 4.44. The molecule has 1 aliphatic rings. The zero-order valence-corrected chi connectivity index (χ0v) is 15.3. The van der Waals surface area contributed by atoms with Crippen molar-refractivity contribution in [3.05, 3.63) is 11.4 Å². The summed E-state index contributed by atoms with van der Waals surface area (Å²) in [5.74, 6) is 0.883. The lowest BCUT2D eigenvalue weighted by atomic mass is 10.2. The number of aryl methyl sites for hydroxylation is 1. The minimum atomic E-state index is -3.55. The van der Waals surface area contributed by atoms with E-state index in [0.29, 0.717) is 41.2 Å². The van der Waals surface area contributed by atoms with Crippen LogP contribution in [0.1, 0.15) is 38.1 Å². The number of sulfonamides is 1. The fourth-order valence-electron chi connectivity index (χ4n) is 2.56. The molecule has 1 heterocycles. The molecule has 1 atom stereocenters. The molecule has 0 amide bonds. The van der Waals surface area contributed by atoms with Crippen molar-refractivity contribution in [2.24, 2.45) is 17.6 Å². The highest BCUT2D eigenvalue weighted by Crippen LogP contribution is 2.31. The SMILES string of the molecule is Cc1nn(CC(C)C)c(C)c1S(=O)(=O)NCC(N)C1CC1.Cl. The van der Waals surface area contributed by atoms with Crippen molar-refractivity contribution < 1.29 is 8.42 Å². The van der Waals surface area contributed by atoms with Crippen molar-refractivity contribution in [3.8, 4) is 0 Å². The number of nitrogens with two attached hydrogens (primary N) is 1. The van der Waals surface area contributed by atoms with Crippen LogP contribution in [0.3, 0.4) is 0 Å². The van der Waals surface area contributed by atoms with Gasteiger partial charge in [0.2, 0.25) is 10.0 Å². The summed E-state index contributed by atoms with van der Waals surface area (Å²) < 4.78 is 29.4. The lowest BCUT2D eigenvalue weighted by Gasteiger charge is -2.12. The van der Waals surface area contributed by atoms with Crippen LogP contribution in [-0.4, -0.2) is 30.8 Å². The molecule has 0 radical (unpaired) electrons. The first-order valence-electron chi connectivity index (χ1n) is 7.51. The largest absolute Gasteiger partial charge is 0.326 e. The number of hydrogen-bond donors (Lipinski definition) is 2. The summed E-state index contributed by atoms with van der Waals surface area (Å²) in [6, 6.07) is -0.0916. The zero-order valence-electron chi connectivity index (χ0n) is 13.7. The molecule has 1 aromatic heterocycles. The molecule has 128 valence electrons. The van der Waals surface area contributed by atoms with Gasteiger partial charge in [-0.15, -0.1) is 12.4 Å². The van der Waals surface area contributed by atoms with Gasteiger partial charge in [-0.2, -0.15) is 5.10 Å². The van der Waals surface area contributed by atoms with Crippen LogP contribution in [0, 0.1) is 25.7 Å². The summed E-state index contributed by atoms with van der Waals surface area (Å²) in [6.45, 7) is 8.71. The molecule has 0 saturated heterocycles. The van der Waals surface area contributed by atoms with Crippen molar-refractivity contribution >= 4 is 22.4 Å². The van der Waals surface area contributed by atoms with Gasteiger partial charge < -0.3 is 5.73 Å². The minimum Gasteiger partial charge on any atom is -0.326 e. The monoisotopic (exact) mass is 350 g/mol. The van der Waals surface area contributed by atoms with E-state index >= 15 is 0 Å². The Labute approximate surface area is 139 Å². The summed E-state index contributed by atoms with van der Waals surface area (Å²) in [7, 11) is -3.55. The molecule has 0 aliphatic heterocycles. The Bertz CT molecular complexity index is 609. The number of nitrogens with one attached hydrogen (secondary N) is 1. The van der Waals surface area contributed by atoms with Crippen molar-refractivity contribution in [1.29, 1.82) is 0 Å². The normalized spacial score (nSPS) is 16.6. The second-order valence-electron chi connectivity index (χ2n) is 6.43. The summed E-state index contributed by atoms with van der Waals surface area (Å²) in [6.07, 6.45) is 2.21. The maximum absolute atomic E-state index is 12.5. The van der Waals surface area contributed by atoms with Crippen LogP contribution in [-0.2, 0) is 16.6 Å². The molecule has 8 heteroatoms. The highest BCUT2D eigenvalue weighted by Gasteiger charge is 2.31. The minimum absolute atomic E-state index is 0. The molecule has 1 saturated carbocycles. The van der Waals surface area contributed by atoms with Crippen LogP contribution in [0.25, 0.3) is 0 Å². The molecule has 0 bridgehead atoms. The number of halogens is 1. The summed E-state index contributed by atoms with van der Waals surface area (Å²) in [5.41, 5.74) is 7.19. The van der Waals surface area contributed by atoms with E-state index in [-0.39, 0.29) is 18.4 Å². The molecule has 1 unspecified atom stereocenters. The summed E-state index contributed by atoms with van der Waals surface area (Å²) in [4.78, 5) is 0.297. The summed E-state index contributed by atoms with van der Waals surface area (Å²) >= 11 is 0. The topological polar surface area (TPSA) is 90.0 Å². The third-order valence-electron chi connectivity index (χ3n) is 3.86. The predicted octanol–water partition coefficient (Wildman–Crippen LogP) is 1.59. The molecule has 1 aromatic rings. The lowest BCUT2D eigenvalue weighted by molar-refractivity contribution is 0.471. The predicted molar refractivity (Wildman–Crippen MR) is 89.7 cm³/mol. The Morgan fingerprint density at radius 3 is 2.45 bits per heavy atom. The van der Waals surface area contributed by atoms with Gasteiger partial charge in [0.15, 0.2) is 0 Å². The van der Waals surface area contributed by atoms with Crippen LogP contribution in [0.4, 0.5) is 0 Å². The Morgan fingerprint density at radius 1 is 1.36 bits per heavy atom. The van der Waals surface area contributed by atoms with E-state index in [4.69, 9.17) is 5.73 Å². The molecule has 22 heavy (non-hydrogen) atoms. The van der Waals surface area contributed by atoms with E-state index in [9.17, 15) is 8.42 Å². The van der Waals surface area contributed by atoms with Gasteiger partial charge in [0.1, 0.15) is 4.90 Å². The number of rotatable bonds is 7. The first kappa shape index (κ1) is 19.4. The first-order valence-corrected chi connectivity index (χ1v) is 9.00. The first-order chi connectivity index (χ1) is 9.72. The zero-order chi connectivity index (χ0) is 15.8. The maximum atomic E-state index is 12.5. The van der Waals surface area contributed by atoms with Crippen molar-refractivity contribution in [3.63, 3.8) is 0 Å². The average Bonchev–Trinajstić information content (AvgIpc) is 3.14. The Morgan fingerprint density at radius 2 is 1.95 bits per heavy atom. The Balaban J connectivity index is 0.00000242. The second kappa shape index (κ2) is 7.29. The van der Waals surface area contributed by atoms with Gasteiger partial charge in [-0.05, 0) is 38.5 Å². The number of hydrogen-bond acceptors (Lipinski definition) is 4. The highest BCUT2D eigenvalue weighted by molar-refractivity contribution is 7.89. The van der Waals surface area contributed by atoms with Gasteiger partial charge in [0.05, 0.1) is 11.4 Å². The van der Waals surface area contributed by atoms with Gasteiger partial charge in [-0.3, -0.25) is 4.68 Å². The molecule has 6 nitrogen and oxygen atoms in total. The van der Waals surface area contributed by atoms with Gasteiger partial charge in [-0.1, -0.05) is 13.8 Å². The molecular weight excluding hydrogens is 324 g/mol. The van der Waals surface area contributed by atoms with Gasteiger partial charge in [0.25, 0.3) is 0 Å². The van der Waals surface area contributed by atoms with Crippen LogP contribution in [0.15, 0.2) is 4.90 Å². The van der Waals surface area contributed by atoms with Crippen molar-refractivity contribution in [2.45, 2.75) is 58.0 Å². The fourth-order valence-corrected chi connectivity index (χ4v) is 4.04. The Kier molecular flexibility index (Phi) is 6.44. The van der Waals surface area contributed by atoms with Crippen LogP contribution >= 0.6 is 12.4 Å². The standard InChI is InChI=1S/C14H26N4O2S.ClH/c1-9(2)8-18-11(4)14(10(3)17-18)21(19,20)16-7-13(15)12-5-6-12;/h9,12-13,16H,5-8,15H2,1-4H3;1H. The highest BCUT2D eigenvalue weighted by atomic mass is 35.5. The molecule has 2 rings (SSSR count). The third-order valence-corrected chi connectivity index (χ3v) is 5.53. The van der Waals surface area contributed by atoms with Crippen LogP contribution in [0.2, 0.25) is 0 Å². The lowest BCUT2D eigenvalue weighted by Crippen LogP contribution is -2.38. The van der Waals surface area contributed by atoms with E-state index < -0.39 is 10.0 Å². The molecule has 1 aliphatic carbocycles. The van der Waals surface area contributed by atoms with E-state index in [2.05, 4.69) is 23.7 Å². The molecule has 0 spiro atoms. The number of aromatic nitrogens is 2. The average molecular weight is 351 g/mol. The number of nitrogens with zero attached hydrogens (tertiary/aromatic N) is 2. The van der Waals surface area contributed by atoms with Crippen LogP contribution in [0.5, 0.6) is 0 Å². The van der Waals surface area contributed by atoms with Crippen molar-refractivity contribution in [2.75, 3.05) is 6.54 Å². The van der Waals surface area contributed by atoms with Gasteiger partial charge in [-0.25, -0.2) is 13.1 Å². The van der Waals surface area contributed by atoms with E-state index in [1.54, 1.807) is 18.5 Å². The quantitative estimate of drug-likeness (QED) is 0.781. The smallest absolute Gasteiger partial charge is 0.244 e. The molecule has 1 fully saturated rings.